The van der Waals surface area contributed by atoms with Gasteiger partial charge in [-0.15, -0.1) is 0 Å². The second-order valence-corrected chi connectivity index (χ2v) is 8.22. The molecule has 0 bridgehead atoms. The molecule has 0 aromatic rings. The van der Waals surface area contributed by atoms with Crippen LogP contribution >= 0.6 is 0 Å². The zero-order chi connectivity index (χ0) is 23.3. The lowest BCUT2D eigenvalue weighted by Crippen LogP contribution is -2.05. The molecular weight excluding hydrogens is 372 g/mol. The van der Waals surface area contributed by atoms with Crippen LogP contribution in [0.5, 0.6) is 0 Å². The number of ether oxygens (including phenoxy) is 1. The molecule has 0 amide bonds. The zero-order valence-corrected chi connectivity index (χ0v) is 21.1. The van der Waals surface area contributed by atoms with Crippen molar-refractivity contribution in [3.05, 3.63) is 12.2 Å². The fraction of sp³-hybridized carbons (Fsp3) is 0.852. The minimum absolute atomic E-state index is 0.254. The van der Waals surface area contributed by atoms with Gasteiger partial charge in [0.05, 0.1) is 6.61 Å². The molecule has 30 heavy (non-hydrogen) atoms. The number of hydrogen-bond donors (Lipinski definition) is 0. The van der Waals surface area contributed by atoms with Crippen LogP contribution in [0.2, 0.25) is 0 Å². The number of carbonyl (C=O) groups excluding carboxylic acids is 2. The monoisotopic (exact) mass is 426 g/mol. The van der Waals surface area contributed by atoms with Crippen LogP contribution in [0.3, 0.4) is 0 Å². The lowest BCUT2D eigenvalue weighted by Gasteiger charge is -2.05. The highest BCUT2D eigenvalue weighted by molar-refractivity contribution is 5.86. The van der Waals surface area contributed by atoms with Crippen LogP contribution in [0.15, 0.2) is 12.2 Å². The van der Waals surface area contributed by atoms with Crippen molar-refractivity contribution < 1.29 is 14.3 Å². The normalized spacial score (nSPS) is 9.73. The second-order valence-electron chi connectivity index (χ2n) is 8.22. The van der Waals surface area contributed by atoms with Crippen LogP contribution in [0.25, 0.3) is 0 Å². The first kappa shape index (κ1) is 33.5. The molecule has 0 radical (unpaired) electrons. The van der Waals surface area contributed by atoms with Crippen molar-refractivity contribution in [3.8, 4) is 0 Å². The molecule has 0 rings (SSSR count). The van der Waals surface area contributed by atoms with Gasteiger partial charge in [0.2, 0.25) is 0 Å². The zero-order valence-electron chi connectivity index (χ0n) is 21.1. The molecular formula is C27H54O3. The number of rotatable bonds is 19. The van der Waals surface area contributed by atoms with Crippen LogP contribution in [0.4, 0.5) is 0 Å². The molecule has 0 unspecified atom stereocenters. The smallest absolute Gasteiger partial charge is 0.333 e. The highest BCUT2D eigenvalue weighted by Gasteiger charge is 2.01. The maximum absolute atomic E-state index is 11.2. The maximum Gasteiger partial charge on any atom is 0.333 e. The van der Waals surface area contributed by atoms with E-state index in [-0.39, 0.29) is 5.97 Å². The number of carbonyl (C=O) groups is 2. The average Bonchev–Trinajstić information content (AvgIpc) is 2.77. The summed E-state index contributed by atoms with van der Waals surface area (Å²) in [6.45, 7) is 14.5. The number of esters is 1. The standard InChI is InChI=1S/C22H42O2.C4H10.CH2O/c1-4-5-6-7-8-9-10-11-12-13-14-15-16-17-18-19-20-24-22(23)21(2)3;1-3-4-2;1-2/h2,4-20H2,1,3H3;3-4H2,1-2H3;1H2. The molecule has 0 N–H and O–H groups in total. The molecule has 3 nitrogen and oxygen atoms in total. The van der Waals surface area contributed by atoms with Crippen molar-refractivity contribution in [2.24, 2.45) is 0 Å². The summed E-state index contributed by atoms with van der Waals surface area (Å²) in [7, 11) is 0. The van der Waals surface area contributed by atoms with Crippen molar-refractivity contribution in [1.82, 2.24) is 0 Å². The third-order valence-electron chi connectivity index (χ3n) is 5.08. The fourth-order valence-electron chi connectivity index (χ4n) is 2.94. The van der Waals surface area contributed by atoms with Crippen LogP contribution in [-0.4, -0.2) is 19.4 Å². The molecule has 0 aromatic carbocycles. The minimum atomic E-state index is -0.254. The molecule has 0 atom stereocenters. The summed E-state index contributed by atoms with van der Waals surface area (Å²) in [5, 5.41) is 0. The molecule has 0 aliphatic rings. The molecule has 0 saturated heterocycles. The Labute approximate surface area is 189 Å². The highest BCUT2D eigenvalue weighted by Crippen LogP contribution is 2.13. The van der Waals surface area contributed by atoms with Crippen LogP contribution in [0, 0.1) is 0 Å². The van der Waals surface area contributed by atoms with E-state index < -0.39 is 0 Å². The lowest BCUT2D eigenvalue weighted by molar-refractivity contribution is -0.139. The first-order valence-electron chi connectivity index (χ1n) is 12.7. The predicted octanol–water partition coefficient (Wildman–Crippen LogP) is 8.99. The van der Waals surface area contributed by atoms with Crippen molar-refractivity contribution in [1.29, 1.82) is 0 Å². The van der Waals surface area contributed by atoms with Crippen molar-refractivity contribution in [2.75, 3.05) is 6.61 Å². The first-order valence-corrected chi connectivity index (χ1v) is 12.7. The van der Waals surface area contributed by atoms with E-state index in [1.807, 2.05) is 6.79 Å². The average molecular weight is 427 g/mol. The van der Waals surface area contributed by atoms with E-state index in [1.54, 1.807) is 6.92 Å². The van der Waals surface area contributed by atoms with E-state index in [0.29, 0.717) is 12.2 Å². The largest absolute Gasteiger partial charge is 0.462 e. The summed E-state index contributed by atoms with van der Waals surface area (Å²) in [6, 6.07) is 0. The first-order chi connectivity index (χ1) is 14.6. The van der Waals surface area contributed by atoms with Gasteiger partial charge in [-0.05, 0) is 13.3 Å². The topological polar surface area (TPSA) is 43.4 Å². The molecule has 0 heterocycles. The Morgan fingerprint density at radius 2 is 0.867 bits per heavy atom. The van der Waals surface area contributed by atoms with E-state index in [4.69, 9.17) is 9.53 Å². The Morgan fingerprint density at radius 1 is 0.567 bits per heavy atom. The summed E-state index contributed by atoms with van der Waals surface area (Å²) >= 11 is 0. The van der Waals surface area contributed by atoms with Crippen LogP contribution in [-0.2, 0) is 14.3 Å². The summed E-state index contributed by atoms with van der Waals surface area (Å²) in [5.41, 5.74) is 0.492. The molecule has 180 valence electrons. The van der Waals surface area contributed by atoms with E-state index in [1.165, 1.54) is 109 Å². The Bertz CT molecular complexity index is 337. The molecule has 0 aliphatic heterocycles. The second kappa shape index (κ2) is 32.5. The van der Waals surface area contributed by atoms with Gasteiger partial charge in [-0.1, -0.05) is 137 Å². The summed E-state index contributed by atoms with van der Waals surface area (Å²) in [6.07, 6.45) is 24.4. The van der Waals surface area contributed by atoms with Gasteiger partial charge in [0.15, 0.2) is 0 Å². The van der Waals surface area contributed by atoms with Crippen LogP contribution < -0.4 is 0 Å². The number of hydrogen-bond acceptors (Lipinski definition) is 3. The van der Waals surface area contributed by atoms with Gasteiger partial charge < -0.3 is 9.53 Å². The van der Waals surface area contributed by atoms with Gasteiger partial charge in [0.1, 0.15) is 6.79 Å². The van der Waals surface area contributed by atoms with Gasteiger partial charge in [0.25, 0.3) is 0 Å². The summed E-state index contributed by atoms with van der Waals surface area (Å²) < 4.78 is 5.08. The minimum Gasteiger partial charge on any atom is -0.462 e. The number of unbranched alkanes of at least 4 members (excludes halogenated alkanes) is 16. The Morgan fingerprint density at radius 3 is 1.13 bits per heavy atom. The van der Waals surface area contributed by atoms with Crippen LogP contribution in [0.1, 0.15) is 143 Å². The van der Waals surface area contributed by atoms with Crippen molar-refractivity contribution in [2.45, 2.75) is 143 Å². The highest BCUT2D eigenvalue weighted by atomic mass is 16.5. The molecule has 3 heteroatoms. The quantitative estimate of drug-likeness (QED) is 0.117. The third-order valence-corrected chi connectivity index (χ3v) is 5.08. The van der Waals surface area contributed by atoms with E-state index in [0.717, 1.165) is 6.42 Å². The molecule has 0 aliphatic carbocycles. The van der Waals surface area contributed by atoms with Gasteiger partial charge in [0, 0.05) is 5.57 Å². The van der Waals surface area contributed by atoms with E-state index >= 15 is 0 Å². The van der Waals surface area contributed by atoms with Gasteiger partial charge in [-0.25, -0.2) is 4.79 Å². The van der Waals surface area contributed by atoms with Gasteiger partial charge >= 0.3 is 5.97 Å². The molecule has 0 fully saturated rings. The fourth-order valence-corrected chi connectivity index (χ4v) is 2.94. The van der Waals surface area contributed by atoms with Crippen molar-refractivity contribution >= 4 is 12.8 Å². The molecule has 0 aromatic heterocycles. The lowest BCUT2D eigenvalue weighted by atomic mass is 10.0. The van der Waals surface area contributed by atoms with E-state index in [2.05, 4.69) is 27.4 Å². The molecule has 0 saturated carbocycles. The maximum atomic E-state index is 11.2. The third kappa shape index (κ3) is 34.4. The van der Waals surface area contributed by atoms with E-state index in [9.17, 15) is 4.79 Å². The Hall–Kier alpha value is -1.12. The SMILES string of the molecule is C=C(C)C(=O)OCCCCCCCCCCCCCCCCCC.C=O.CCCC. The Kier molecular flexibility index (Phi) is 36.4. The predicted molar refractivity (Wildman–Crippen MR) is 133 cm³/mol. The van der Waals surface area contributed by atoms with Gasteiger partial charge in [-0.2, -0.15) is 0 Å². The van der Waals surface area contributed by atoms with Crippen molar-refractivity contribution in [3.63, 3.8) is 0 Å². The van der Waals surface area contributed by atoms with Gasteiger partial charge in [-0.3, -0.25) is 0 Å². The summed E-state index contributed by atoms with van der Waals surface area (Å²) in [5.74, 6) is -0.254. The Balaban J connectivity index is -0.00000108. The molecule has 0 spiro atoms. The summed E-state index contributed by atoms with van der Waals surface area (Å²) in [4.78, 5) is 19.2.